The molecule has 0 saturated carbocycles. The van der Waals surface area contributed by atoms with Crippen molar-refractivity contribution < 1.29 is 9.59 Å². The fourth-order valence-corrected chi connectivity index (χ4v) is 3.63. The molecule has 0 aromatic heterocycles. The van der Waals surface area contributed by atoms with E-state index in [1.165, 1.54) is 11.3 Å². The molecule has 22 heavy (non-hydrogen) atoms. The molecule has 3 aliphatic heterocycles. The topological polar surface area (TPSA) is 68.2 Å². The number of nitrogens with zero attached hydrogens (tertiary/aromatic N) is 4. The number of likely N-dealkylation sites (tertiary alicyclic amines) is 1. The summed E-state index contributed by atoms with van der Waals surface area (Å²) in [5, 5.41) is 2.44. The van der Waals surface area contributed by atoms with E-state index in [0.717, 1.165) is 38.4 Å². The van der Waals surface area contributed by atoms with E-state index in [4.69, 9.17) is 4.99 Å². The highest BCUT2D eigenvalue weighted by molar-refractivity contribution is 6.03. The quantitative estimate of drug-likeness (QED) is 0.814. The summed E-state index contributed by atoms with van der Waals surface area (Å²) >= 11 is 0. The monoisotopic (exact) mass is 307 g/mol. The second-order valence-corrected chi connectivity index (χ2v) is 6.58. The molecule has 0 aromatic carbocycles. The lowest BCUT2D eigenvalue weighted by molar-refractivity contribution is -0.127. The van der Waals surface area contributed by atoms with Gasteiger partial charge in [-0.3, -0.25) is 10.1 Å². The molecule has 0 aromatic rings. The molecular formula is C15H25N5O2. The van der Waals surface area contributed by atoms with Gasteiger partial charge >= 0.3 is 6.03 Å². The lowest BCUT2D eigenvalue weighted by atomic mass is 10.0. The van der Waals surface area contributed by atoms with E-state index in [1.807, 2.05) is 0 Å². The van der Waals surface area contributed by atoms with Gasteiger partial charge in [-0.25, -0.2) is 9.79 Å². The highest BCUT2D eigenvalue weighted by atomic mass is 16.2. The van der Waals surface area contributed by atoms with E-state index in [2.05, 4.69) is 29.0 Å². The molecular weight excluding hydrogens is 282 g/mol. The largest absolute Gasteiger partial charge is 0.342 e. The van der Waals surface area contributed by atoms with Crippen LogP contribution in [0.1, 0.15) is 33.1 Å². The molecule has 1 N–H and O–H groups in total. The maximum Gasteiger partial charge on any atom is 0.325 e. The number of carbonyl (C=O) groups is 2. The number of piperidine rings is 1. The zero-order valence-corrected chi connectivity index (χ0v) is 13.6. The van der Waals surface area contributed by atoms with Gasteiger partial charge in [0.25, 0.3) is 5.91 Å². The molecule has 3 heterocycles. The molecule has 2 fully saturated rings. The van der Waals surface area contributed by atoms with Crippen LogP contribution in [0.2, 0.25) is 0 Å². The normalized spacial score (nSPS) is 32.0. The van der Waals surface area contributed by atoms with Crippen LogP contribution in [0.4, 0.5) is 4.79 Å². The van der Waals surface area contributed by atoms with Gasteiger partial charge in [-0.05, 0) is 25.2 Å². The lowest BCUT2D eigenvalue weighted by Crippen LogP contribution is -2.64. The first-order chi connectivity index (χ1) is 10.5. The van der Waals surface area contributed by atoms with Crippen molar-refractivity contribution in [3.05, 3.63) is 0 Å². The Balaban J connectivity index is 1.90. The molecule has 3 unspecified atom stereocenters. The molecule has 3 amide bonds. The van der Waals surface area contributed by atoms with E-state index in [0.29, 0.717) is 5.92 Å². The van der Waals surface area contributed by atoms with Crippen molar-refractivity contribution in [2.24, 2.45) is 10.9 Å². The third-order valence-electron chi connectivity index (χ3n) is 4.74. The van der Waals surface area contributed by atoms with Crippen LogP contribution >= 0.6 is 0 Å². The van der Waals surface area contributed by atoms with Gasteiger partial charge in [0.2, 0.25) is 0 Å². The fraction of sp³-hybridized carbons (Fsp3) is 0.800. The minimum atomic E-state index is -0.403. The van der Waals surface area contributed by atoms with Gasteiger partial charge in [-0.1, -0.05) is 13.8 Å². The summed E-state index contributed by atoms with van der Waals surface area (Å²) in [5.41, 5.74) is 0. The summed E-state index contributed by atoms with van der Waals surface area (Å²) in [7, 11) is 1.70. The van der Waals surface area contributed by atoms with Gasteiger partial charge in [-0.15, -0.1) is 0 Å². The number of hydrogen-bond acceptors (Lipinski definition) is 5. The highest BCUT2D eigenvalue weighted by Gasteiger charge is 2.49. The number of hydrogen-bond donors (Lipinski definition) is 1. The number of urea groups is 1. The average Bonchev–Trinajstić information content (AvgIpc) is 2.85. The first kappa shape index (κ1) is 15.1. The van der Waals surface area contributed by atoms with Gasteiger partial charge in [0, 0.05) is 26.7 Å². The van der Waals surface area contributed by atoms with Crippen LogP contribution in [0, 0.1) is 5.92 Å². The van der Waals surface area contributed by atoms with Crippen molar-refractivity contribution in [1.82, 2.24) is 20.0 Å². The van der Waals surface area contributed by atoms with Crippen LogP contribution in [0.15, 0.2) is 4.99 Å². The van der Waals surface area contributed by atoms with Gasteiger partial charge in [-0.2, -0.15) is 0 Å². The minimum absolute atomic E-state index is 0.231. The first-order valence-electron chi connectivity index (χ1n) is 8.20. The number of rotatable bonds is 2. The summed E-state index contributed by atoms with van der Waals surface area (Å²) in [6.45, 7) is 7.07. The number of fused-ring (bicyclic) bond motifs is 1. The molecule has 0 spiro atoms. The molecule has 0 aliphatic carbocycles. The third-order valence-corrected chi connectivity index (χ3v) is 4.74. The summed E-state index contributed by atoms with van der Waals surface area (Å²) in [4.78, 5) is 34.8. The number of imide groups is 1. The highest BCUT2D eigenvalue weighted by Crippen LogP contribution is 2.27. The predicted molar refractivity (Wildman–Crippen MR) is 83.3 cm³/mol. The van der Waals surface area contributed by atoms with Crippen molar-refractivity contribution in [3.8, 4) is 0 Å². The molecule has 7 nitrogen and oxygen atoms in total. The minimum Gasteiger partial charge on any atom is -0.342 e. The Labute approximate surface area is 131 Å². The van der Waals surface area contributed by atoms with Crippen molar-refractivity contribution in [2.45, 2.75) is 45.3 Å². The molecule has 0 radical (unpaired) electrons. The van der Waals surface area contributed by atoms with Crippen LogP contribution < -0.4 is 5.32 Å². The molecule has 3 aliphatic rings. The maximum atomic E-state index is 12.3. The molecule has 122 valence electrons. The lowest BCUT2D eigenvalue weighted by Gasteiger charge is -2.39. The summed E-state index contributed by atoms with van der Waals surface area (Å²) in [6, 6.07) is -0.755. The first-order valence-corrected chi connectivity index (χ1v) is 8.20. The number of carbonyl (C=O) groups excluding carboxylic acids is 2. The molecule has 3 atom stereocenters. The Morgan fingerprint density at radius 1 is 1.36 bits per heavy atom. The van der Waals surface area contributed by atoms with Crippen molar-refractivity contribution in [1.29, 1.82) is 0 Å². The van der Waals surface area contributed by atoms with Crippen molar-refractivity contribution >= 4 is 17.9 Å². The van der Waals surface area contributed by atoms with Gasteiger partial charge in [0.15, 0.2) is 18.2 Å². The fourth-order valence-electron chi connectivity index (χ4n) is 3.63. The van der Waals surface area contributed by atoms with Gasteiger partial charge < -0.3 is 14.7 Å². The zero-order chi connectivity index (χ0) is 15.9. The van der Waals surface area contributed by atoms with E-state index in [1.54, 1.807) is 7.05 Å². The van der Waals surface area contributed by atoms with Crippen LogP contribution in [0.25, 0.3) is 0 Å². The van der Waals surface area contributed by atoms with Crippen LogP contribution in [0.5, 0.6) is 0 Å². The van der Waals surface area contributed by atoms with E-state index < -0.39 is 12.2 Å². The second-order valence-electron chi connectivity index (χ2n) is 6.58. The van der Waals surface area contributed by atoms with Crippen LogP contribution in [0.3, 0.4) is 0 Å². The Morgan fingerprint density at radius 3 is 2.82 bits per heavy atom. The Morgan fingerprint density at radius 2 is 2.14 bits per heavy atom. The number of nitrogens with one attached hydrogen (secondary N) is 1. The van der Waals surface area contributed by atoms with Crippen LogP contribution in [-0.4, -0.2) is 71.5 Å². The predicted octanol–water partition coefficient (Wildman–Crippen LogP) is 0.676. The number of guanidine groups is 1. The molecule has 2 saturated heterocycles. The third kappa shape index (κ3) is 2.42. The molecule has 7 heteroatoms. The number of aliphatic imine (C=N–C) groups is 1. The van der Waals surface area contributed by atoms with E-state index in [-0.39, 0.29) is 11.9 Å². The summed E-state index contributed by atoms with van der Waals surface area (Å²) < 4.78 is 0. The number of amides is 3. The Kier molecular flexibility index (Phi) is 3.97. The Hall–Kier alpha value is -1.79. The molecule has 0 bridgehead atoms. The zero-order valence-electron chi connectivity index (χ0n) is 13.6. The average molecular weight is 307 g/mol. The van der Waals surface area contributed by atoms with Crippen LogP contribution in [-0.2, 0) is 4.79 Å². The Bertz CT molecular complexity index is 506. The number of likely N-dealkylation sites (N-methyl/N-ethyl adjacent to an activating group) is 1. The van der Waals surface area contributed by atoms with E-state index >= 15 is 0 Å². The summed E-state index contributed by atoms with van der Waals surface area (Å²) in [5.74, 6) is 1.29. The second kappa shape index (κ2) is 5.78. The maximum absolute atomic E-state index is 12.3. The molecule has 3 rings (SSSR count). The SMILES string of the molecule is CCCN1C(N2CCCC(C)C2)=NC2C1C(=O)NC(=O)N2C. The summed E-state index contributed by atoms with van der Waals surface area (Å²) in [6.07, 6.45) is 2.93. The van der Waals surface area contributed by atoms with Crippen molar-refractivity contribution in [3.63, 3.8) is 0 Å². The standard InChI is InChI=1S/C15H25N5O2/c1-4-7-20-11-12(18(3)15(22)17-13(11)21)16-14(20)19-8-5-6-10(2)9-19/h10-12H,4-9H2,1-3H3,(H,17,21,22). The van der Waals surface area contributed by atoms with Gasteiger partial charge in [0.05, 0.1) is 0 Å². The van der Waals surface area contributed by atoms with E-state index in [9.17, 15) is 9.59 Å². The van der Waals surface area contributed by atoms with Crippen molar-refractivity contribution in [2.75, 3.05) is 26.7 Å². The smallest absolute Gasteiger partial charge is 0.325 e. The van der Waals surface area contributed by atoms with Gasteiger partial charge in [0.1, 0.15) is 0 Å².